The molecule has 0 radical (unpaired) electrons. The second-order valence-corrected chi connectivity index (χ2v) is 10.4. The summed E-state index contributed by atoms with van der Waals surface area (Å²) >= 11 is 0. The number of carbonyl (C=O) groups is 1. The number of H-pyrrole nitrogens is 1. The summed E-state index contributed by atoms with van der Waals surface area (Å²) in [6.07, 6.45) is 1.49. The van der Waals surface area contributed by atoms with Crippen LogP contribution in [0.1, 0.15) is 56.4 Å². The van der Waals surface area contributed by atoms with E-state index in [-0.39, 0.29) is 34.9 Å². The normalized spacial score (nSPS) is 15.6. The third kappa shape index (κ3) is 5.41. The van der Waals surface area contributed by atoms with Crippen LogP contribution in [0.4, 0.5) is 11.4 Å². The molecular formula is C27H33N5O4. The number of aliphatic carboxylic acids is 1. The van der Waals surface area contributed by atoms with Gasteiger partial charge in [0.15, 0.2) is 5.69 Å². The number of aryl methyl sites for hydroxylation is 1. The van der Waals surface area contributed by atoms with Crippen molar-refractivity contribution in [3.8, 4) is 11.4 Å². The van der Waals surface area contributed by atoms with Crippen LogP contribution in [0.15, 0.2) is 57.5 Å². The Balaban J connectivity index is 1.54. The number of nitrogens with one attached hydrogen (secondary N) is 1. The molecule has 1 saturated heterocycles. The molecule has 0 spiro atoms. The number of azo groups is 1. The largest absolute Gasteiger partial charge is 0.505 e. The van der Waals surface area contributed by atoms with Crippen molar-refractivity contribution >= 4 is 17.3 Å². The van der Waals surface area contributed by atoms with Crippen LogP contribution in [0, 0.1) is 6.92 Å². The molecule has 9 heteroatoms. The van der Waals surface area contributed by atoms with E-state index < -0.39 is 5.97 Å². The molecule has 3 aromatic rings. The number of rotatable bonds is 6. The average Bonchev–Trinajstić information content (AvgIpc) is 3.11. The summed E-state index contributed by atoms with van der Waals surface area (Å²) in [5.41, 5.74) is 3.39. The molecule has 9 nitrogen and oxygen atoms in total. The van der Waals surface area contributed by atoms with E-state index in [1.807, 2.05) is 41.3 Å². The molecule has 3 N–H and O–H groups in total. The predicted octanol–water partition coefficient (Wildman–Crippen LogP) is 5.16. The lowest BCUT2D eigenvalue weighted by Gasteiger charge is -2.31. The van der Waals surface area contributed by atoms with Crippen LogP contribution in [0.25, 0.3) is 5.69 Å². The molecule has 1 aliphatic rings. The Labute approximate surface area is 210 Å². The third-order valence-electron chi connectivity index (χ3n) is 6.72. The fraction of sp³-hybridized carbons (Fsp3) is 0.407. The van der Waals surface area contributed by atoms with E-state index in [0.29, 0.717) is 30.2 Å². The van der Waals surface area contributed by atoms with Gasteiger partial charge >= 0.3 is 5.97 Å². The Kier molecular flexibility index (Phi) is 7.12. The van der Waals surface area contributed by atoms with Gasteiger partial charge in [-0.1, -0.05) is 45.0 Å². The number of carboxylic acid groups (broad SMARTS) is 1. The molecule has 0 amide bonds. The van der Waals surface area contributed by atoms with Gasteiger partial charge in [-0.3, -0.25) is 19.6 Å². The van der Waals surface area contributed by atoms with Crippen LogP contribution in [0.5, 0.6) is 5.75 Å². The minimum Gasteiger partial charge on any atom is -0.505 e. The van der Waals surface area contributed by atoms with E-state index in [4.69, 9.17) is 5.11 Å². The van der Waals surface area contributed by atoms with E-state index in [9.17, 15) is 14.7 Å². The van der Waals surface area contributed by atoms with Gasteiger partial charge in [-0.25, -0.2) is 4.68 Å². The molecule has 2 aromatic carbocycles. The molecule has 0 unspecified atom stereocenters. The Morgan fingerprint density at radius 1 is 1.08 bits per heavy atom. The van der Waals surface area contributed by atoms with Gasteiger partial charge in [-0.05, 0) is 73.5 Å². The highest BCUT2D eigenvalue weighted by Crippen LogP contribution is 2.39. The Bertz CT molecular complexity index is 1320. The summed E-state index contributed by atoms with van der Waals surface area (Å²) in [6.45, 7) is 9.51. The van der Waals surface area contributed by atoms with E-state index in [2.05, 4.69) is 36.1 Å². The van der Waals surface area contributed by atoms with E-state index >= 15 is 0 Å². The number of hydrogen-bond acceptors (Lipinski definition) is 6. The zero-order valence-electron chi connectivity index (χ0n) is 21.2. The van der Waals surface area contributed by atoms with Gasteiger partial charge in [0.1, 0.15) is 11.4 Å². The number of aromatic amines is 1. The van der Waals surface area contributed by atoms with Crippen LogP contribution in [0.2, 0.25) is 0 Å². The first-order chi connectivity index (χ1) is 17.0. The molecule has 190 valence electrons. The van der Waals surface area contributed by atoms with E-state index in [0.717, 1.165) is 18.4 Å². The first-order valence-electron chi connectivity index (χ1n) is 12.1. The minimum atomic E-state index is -0.834. The average molecular weight is 492 g/mol. The molecule has 1 fully saturated rings. The van der Waals surface area contributed by atoms with Gasteiger partial charge in [0.2, 0.25) is 0 Å². The van der Waals surface area contributed by atoms with Crippen molar-refractivity contribution in [3.05, 3.63) is 69.6 Å². The number of phenolic OH excluding ortho intramolecular Hbond substituents is 1. The standard InChI is InChI=1S/C27H33N5O4/c1-17-24(26(36)32(30-17)20-10-8-19(9-11-20)27(2,3)4)29-28-22-7-5-6-21(25(22)35)18-12-14-31(15-13-18)16-23(33)34/h5-11,18,30,35H,12-16H2,1-4H3,(H,33,34). The van der Waals surface area contributed by atoms with Crippen LogP contribution in [0.3, 0.4) is 0 Å². The maximum absolute atomic E-state index is 13.1. The van der Waals surface area contributed by atoms with Gasteiger partial charge in [-0.15, -0.1) is 10.2 Å². The number of para-hydroxylation sites is 1. The number of piperidine rings is 1. The third-order valence-corrected chi connectivity index (χ3v) is 6.72. The van der Waals surface area contributed by atoms with Crippen molar-refractivity contribution in [1.29, 1.82) is 0 Å². The highest BCUT2D eigenvalue weighted by atomic mass is 16.4. The molecule has 1 aliphatic heterocycles. The number of aromatic nitrogens is 2. The summed E-state index contributed by atoms with van der Waals surface area (Å²) < 4.78 is 1.44. The monoisotopic (exact) mass is 491 g/mol. The molecule has 36 heavy (non-hydrogen) atoms. The molecule has 2 heterocycles. The zero-order chi connectivity index (χ0) is 26.0. The number of aromatic hydroxyl groups is 1. The quantitative estimate of drug-likeness (QED) is 0.411. The van der Waals surface area contributed by atoms with Gasteiger partial charge in [-0.2, -0.15) is 0 Å². The molecule has 0 saturated carbocycles. The van der Waals surface area contributed by atoms with Crippen molar-refractivity contribution in [2.24, 2.45) is 10.2 Å². The maximum atomic E-state index is 13.1. The fourth-order valence-corrected chi connectivity index (χ4v) is 4.60. The number of likely N-dealkylation sites (tertiary alicyclic amines) is 1. The van der Waals surface area contributed by atoms with Gasteiger partial charge in [0.25, 0.3) is 5.56 Å². The van der Waals surface area contributed by atoms with Gasteiger partial charge in [0, 0.05) is 0 Å². The summed E-state index contributed by atoms with van der Waals surface area (Å²) in [4.78, 5) is 25.9. The van der Waals surface area contributed by atoms with Crippen LogP contribution in [-0.2, 0) is 10.2 Å². The molecule has 4 rings (SSSR count). The number of benzene rings is 2. The second-order valence-electron chi connectivity index (χ2n) is 10.4. The maximum Gasteiger partial charge on any atom is 0.317 e. The number of hydrogen-bond donors (Lipinski definition) is 3. The topological polar surface area (TPSA) is 123 Å². The van der Waals surface area contributed by atoms with Crippen LogP contribution < -0.4 is 5.56 Å². The molecule has 0 atom stereocenters. The van der Waals surface area contributed by atoms with Gasteiger partial charge < -0.3 is 10.2 Å². The number of nitrogens with zero attached hydrogens (tertiary/aromatic N) is 4. The highest BCUT2D eigenvalue weighted by Gasteiger charge is 2.25. The number of carboxylic acids is 1. The fourth-order valence-electron chi connectivity index (χ4n) is 4.60. The summed E-state index contributed by atoms with van der Waals surface area (Å²) in [6, 6.07) is 13.1. The lowest BCUT2D eigenvalue weighted by molar-refractivity contribution is -0.138. The Morgan fingerprint density at radius 3 is 2.36 bits per heavy atom. The van der Waals surface area contributed by atoms with E-state index in [1.165, 1.54) is 10.2 Å². The van der Waals surface area contributed by atoms with Crippen LogP contribution >= 0.6 is 0 Å². The van der Waals surface area contributed by atoms with E-state index in [1.54, 1.807) is 13.0 Å². The van der Waals surface area contributed by atoms with Gasteiger partial charge in [0.05, 0.1) is 17.9 Å². The van der Waals surface area contributed by atoms with Crippen molar-refractivity contribution in [1.82, 2.24) is 14.7 Å². The molecule has 0 bridgehead atoms. The Hall–Kier alpha value is -3.72. The molecular weight excluding hydrogens is 458 g/mol. The Morgan fingerprint density at radius 2 is 1.75 bits per heavy atom. The number of phenols is 1. The zero-order valence-corrected chi connectivity index (χ0v) is 21.2. The van der Waals surface area contributed by atoms with Crippen molar-refractivity contribution < 1.29 is 15.0 Å². The predicted molar refractivity (Wildman–Crippen MR) is 138 cm³/mol. The lowest BCUT2D eigenvalue weighted by atomic mass is 9.87. The second kappa shape index (κ2) is 10.1. The summed E-state index contributed by atoms with van der Waals surface area (Å²) in [7, 11) is 0. The van der Waals surface area contributed by atoms with Crippen molar-refractivity contribution in [2.45, 2.75) is 51.9 Å². The lowest BCUT2D eigenvalue weighted by Crippen LogP contribution is -2.36. The molecule has 1 aromatic heterocycles. The van der Waals surface area contributed by atoms with Crippen molar-refractivity contribution in [3.63, 3.8) is 0 Å². The smallest absolute Gasteiger partial charge is 0.317 e. The first-order valence-corrected chi connectivity index (χ1v) is 12.1. The molecule has 0 aliphatic carbocycles. The highest BCUT2D eigenvalue weighted by molar-refractivity contribution is 5.69. The van der Waals surface area contributed by atoms with Crippen molar-refractivity contribution in [2.75, 3.05) is 19.6 Å². The summed E-state index contributed by atoms with van der Waals surface area (Å²) in [5, 5.41) is 31.4. The van der Waals surface area contributed by atoms with Crippen LogP contribution in [-0.4, -0.2) is 50.5 Å². The first kappa shape index (κ1) is 25.4. The SMILES string of the molecule is Cc1[nH]n(-c2ccc(C(C)(C)C)cc2)c(=O)c1N=Nc1cccc(C2CCN(CC(=O)O)CC2)c1O. The summed E-state index contributed by atoms with van der Waals surface area (Å²) in [5.74, 6) is -0.684. The minimum absolute atomic E-state index is 0.0144.